The topological polar surface area (TPSA) is 35.6 Å². The van der Waals surface area contributed by atoms with E-state index < -0.39 is 0 Å². The number of hydrogen-bond donors (Lipinski definition) is 1. The van der Waals surface area contributed by atoms with Crippen LogP contribution in [0.25, 0.3) is 0 Å². The summed E-state index contributed by atoms with van der Waals surface area (Å²) in [6, 6.07) is 8.86. The third-order valence-electron chi connectivity index (χ3n) is 7.79. The highest BCUT2D eigenvalue weighted by Gasteiger charge is 2.50. The van der Waals surface area contributed by atoms with E-state index in [1.165, 1.54) is 32.1 Å². The Labute approximate surface area is 163 Å². The van der Waals surface area contributed by atoms with Crippen LogP contribution < -0.4 is 5.32 Å². The summed E-state index contributed by atoms with van der Waals surface area (Å²) >= 11 is 0. The molecule has 1 aromatic carbocycles. The van der Waals surface area contributed by atoms with Crippen molar-refractivity contribution in [3.8, 4) is 0 Å². The van der Waals surface area contributed by atoms with Crippen LogP contribution in [-0.2, 0) is 4.79 Å². The summed E-state index contributed by atoms with van der Waals surface area (Å²) in [5.74, 6) is 4.16. The van der Waals surface area contributed by atoms with E-state index in [1.807, 2.05) is 31.2 Å². The van der Waals surface area contributed by atoms with E-state index in [2.05, 4.69) is 15.1 Å². The molecule has 1 N–H and O–H groups in total. The van der Waals surface area contributed by atoms with Crippen molar-refractivity contribution < 1.29 is 4.79 Å². The molecular weight excluding hydrogens is 334 g/mol. The summed E-state index contributed by atoms with van der Waals surface area (Å²) in [6.45, 7) is 6.91. The summed E-state index contributed by atoms with van der Waals surface area (Å²) in [5, 5.41) is 3.08. The van der Waals surface area contributed by atoms with Gasteiger partial charge in [-0.1, -0.05) is 18.2 Å². The number of aryl methyl sites for hydroxylation is 1. The normalized spacial score (nSPS) is 36.1. The second-order valence-electron chi connectivity index (χ2n) is 9.60. The number of rotatable bonds is 4. The first-order chi connectivity index (χ1) is 13.2. The fourth-order valence-corrected chi connectivity index (χ4v) is 6.82. The van der Waals surface area contributed by atoms with Gasteiger partial charge in [-0.25, -0.2) is 0 Å². The SMILES string of the molecule is Cc1ccccc1NC(=O)CN1CCN(C2C3CC4CC(C3)CC2C4)CC1. The first-order valence-electron chi connectivity index (χ1n) is 11.0. The van der Waals surface area contributed by atoms with E-state index in [4.69, 9.17) is 0 Å². The molecule has 0 aromatic heterocycles. The van der Waals surface area contributed by atoms with E-state index in [9.17, 15) is 4.79 Å². The van der Waals surface area contributed by atoms with Crippen molar-refractivity contribution in [2.75, 3.05) is 38.0 Å². The number of anilines is 1. The molecule has 1 amide bonds. The Morgan fingerprint density at radius 3 is 2.22 bits per heavy atom. The number of hydrogen-bond acceptors (Lipinski definition) is 3. The first-order valence-corrected chi connectivity index (χ1v) is 11.0. The number of nitrogens with zero attached hydrogens (tertiary/aromatic N) is 2. The molecule has 4 aliphatic carbocycles. The van der Waals surface area contributed by atoms with Gasteiger partial charge in [0.05, 0.1) is 6.54 Å². The average molecular weight is 368 g/mol. The fourth-order valence-electron chi connectivity index (χ4n) is 6.82. The first kappa shape index (κ1) is 17.7. The molecule has 27 heavy (non-hydrogen) atoms. The minimum absolute atomic E-state index is 0.118. The predicted molar refractivity (Wildman–Crippen MR) is 109 cm³/mol. The molecule has 146 valence electrons. The number of carbonyl (C=O) groups excluding carboxylic acids is 1. The van der Waals surface area contributed by atoms with Crippen LogP contribution in [-0.4, -0.2) is 54.5 Å². The maximum Gasteiger partial charge on any atom is 0.238 e. The largest absolute Gasteiger partial charge is 0.325 e. The number of carbonyl (C=O) groups is 1. The molecule has 5 aliphatic rings. The van der Waals surface area contributed by atoms with Crippen LogP contribution in [0.2, 0.25) is 0 Å². The Bertz CT molecular complexity index is 667. The third kappa shape index (κ3) is 3.54. The summed E-state index contributed by atoms with van der Waals surface area (Å²) < 4.78 is 0. The van der Waals surface area contributed by atoms with Gasteiger partial charge in [0.2, 0.25) is 5.91 Å². The highest BCUT2D eigenvalue weighted by Crippen LogP contribution is 2.55. The molecule has 4 bridgehead atoms. The number of nitrogens with one attached hydrogen (secondary N) is 1. The maximum atomic E-state index is 12.5. The second kappa shape index (κ2) is 7.21. The summed E-state index contributed by atoms with van der Waals surface area (Å²) in [6.07, 6.45) is 7.52. The lowest BCUT2D eigenvalue weighted by Gasteiger charge is -2.58. The molecule has 1 aromatic rings. The molecule has 4 nitrogen and oxygen atoms in total. The van der Waals surface area contributed by atoms with E-state index in [1.54, 1.807) is 0 Å². The van der Waals surface area contributed by atoms with Crippen LogP contribution >= 0.6 is 0 Å². The van der Waals surface area contributed by atoms with Crippen molar-refractivity contribution in [1.29, 1.82) is 0 Å². The smallest absolute Gasteiger partial charge is 0.238 e. The van der Waals surface area contributed by atoms with Crippen LogP contribution in [0.15, 0.2) is 24.3 Å². The highest BCUT2D eigenvalue weighted by molar-refractivity contribution is 5.92. The second-order valence-corrected chi connectivity index (χ2v) is 9.60. The van der Waals surface area contributed by atoms with Crippen LogP contribution in [0.3, 0.4) is 0 Å². The van der Waals surface area contributed by atoms with E-state index in [0.29, 0.717) is 6.54 Å². The minimum Gasteiger partial charge on any atom is -0.325 e. The number of piperazine rings is 1. The monoisotopic (exact) mass is 367 g/mol. The lowest BCUT2D eigenvalue weighted by Crippen LogP contribution is -2.60. The standard InChI is InChI=1S/C23H33N3O/c1-16-4-2-3-5-21(16)24-22(27)15-25-6-8-26(9-7-25)23-19-11-17-10-18(13-19)14-20(23)12-17/h2-5,17-20,23H,6-15H2,1H3,(H,24,27). The lowest BCUT2D eigenvalue weighted by molar-refractivity contribution is -0.118. The Hall–Kier alpha value is -1.39. The Balaban J connectivity index is 1.13. The minimum atomic E-state index is 0.118. The summed E-state index contributed by atoms with van der Waals surface area (Å²) in [5.41, 5.74) is 2.06. The Morgan fingerprint density at radius 2 is 1.59 bits per heavy atom. The number of amides is 1. The summed E-state index contributed by atoms with van der Waals surface area (Å²) in [7, 11) is 0. The van der Waals surface area contributed by atoms with Crippen LogP contribution in [0, 0.1) is 30.6 Å². The summed E-state index contributed by atoms with van der Waals surface area (Å²) in [4.78, 5) is 17.6. The zero-order valence-electron chi connectivity index (χ0n) is 16.6. The van der Waals surface area contributed by atoms with Crippen molar-refractivity contribution in [3.63, 3.8) is 0 Å². The van der Waals surface area contributed by atoms with Crippen LogP contribution in [0.5, 0.6) is 0 Å². The van der Waals surface area contributed by atoms with E-state index >= 15 is 0 Å². The Kier molecular flexibility index (Phi) is 4.73. The van der Waals surface area contributed by atoms with Crippen LogP contribution in [0.4, 0.5) is 5.69 Å². The number of benzene rings is 1. The van der Waals surface area contributed by atoms with Gasteiger partial charge in [-0.05, 0) is 74.3 Å². The molecule has 0 radical (unpaired) electrons. The molecule has 1 heterocycles. The number of para-hydroxylation sites is 1. The van der Waals surface area contributed by atoms with Gasteiger partial charge >= 0.3 is 0 Å². The molecule has 4 saturated carbocycles. The van der Waals surface area contributed by atoms with Crippen molar-refractivity contribution in [3.05, 3.63) is 29.8 Å². The van der Waals surface area contributed by atoms with Crippen molar-refractivity contribution in [2.45, 2.75) is 45.1 Å². The van der Waals surface area contributed by atoms with E-state index in [0.717, 1.165) is 67.1 Å². The van der Waals surface area contributed by atoms with Gasteiger partial charge in [0.1, 0.15) is 0 Å². The maximum absolute atomic E-state index is 12.5. The van der Waals surface area contributed by atoms with Gasteiger partial charge in [0.15, 0.2) is 0 Å². The molecule has 4 heteroatoms. The van der Waals surface area contributed by atoms with E-state index in [-0.39, 0.29) is 5.91 Å². The van der Waals surface area contributed by atoms with Crippen molar-refractivity contribution >= 4 is 11.6 Å². The van der Waals surface area contributed by atoms with Gasteiger partial charge in [-0.2, -0.15) is 0 Å². The fraction of sp³-hybridized carbons (Fsp3) is 0.696. The van der Waals surface area contributed by atoms with Crippen molar-refractivity contribution in [2.24, 2.45) is 23.7 Å². The Morgan fingerprint density at radius 1 is 0.963 bits per heavy atom. The molecular formula is C23H33N3O. The molecule has 1 saturated heterocycles. The average Bonchev–Trinajstić information content (AvgIpc) is 2.64. The predicted octanol–water partition coefficient (Wildman–Crippen LogP) is 3.38. The molecule has 1 aliphatic heterocycles. The molecule has 0 unspecified atom stereocenters. The molecule has 6 rings (SSSR count). The highest BCUT2D eigenvalue weighted by atomic mass is 16.2. The van der Waals surface area contributed by atoms with Gasteiger partial charge in [-0.15, -0.1) is 0 Å². The van der Waals surface area contributed by atoms with Crippen LogP contribution in [0.1, 0.15) is 37.7 Å². The zero-order chi connectivity index (χ0) is 18.4. The zero-order valence-corrected chi connectivity index (χ0v) is 16.6. The quantitative estimate of drug-likeness (QED) is 0.886. The molecule has 5 fully saturated rings. The third-order valence-corrected chi connectivity index (χ3v) is 7.79. The van der Waals surface area contributed by atoms with Gasteiger partial charge in [0.25, 0.3) is 0 Å². The van der Waals surface area contributed by atoms with Gasteiger partial charge < -0.3 is 5.32 Å². The van der Waals surface area contributed by atoms with Gasteiger partial charge in [0, 0.05) is 37.9 Å². The van der Waals surface area contributed by atoms with Crippen molar-refractivity contribution in [1.82, 2.24) is 9.80 Å². The molecule has 0 spiro atoms. The molecule has 0 atom stereocenters. The van der Waals surface area contributed by atoms with Gasteiger partial charge in [-0.3, -0.25) is 14.6 Å². The lowest BCUT2D eigenvalue weighted by atomic mass is 9.54.